The smallest absolute Gasteiger partial charge is 0.347 e. The molecule has 3 heteroatoms. The Kier molecular flexibility index (Phi) is 2.52. The predicted molar refractivity (Wildman–Crippen MR) is 70.7 cm³/mol. The number of allylic oxidation sites excluding steroid dienone is 1. The minimum Gasteiger partial charge on any atom is -0.481 e. The highest BCUT2D eigenvalue weighted by Gasteiger charge is 2.19. The SMILES string of the molecule is C/C=C/C1C=Cc2c(c3ccccc3oc2=O)O1. The Morgan fingerprint density at radius 2 is 2.11 bits per heavy atom. The van der Waals surface area contributed by atoms with E-state index in [1.807, 2.05) is 43.4 Å². The van der Waals surface area contributed by atoms with Crippen molar-refractivity contribution < 1.29 is 9.15 Å². The van der Waals surface area contributed by atoms with Gasteiger partial charge in [-0.05, 0) is 37.3 Å². The van der Waals surface area contributed by atoms with Gasteiger partial charge in [-0.3, -0.25) is 0 Å². The molecule has 1 aromatic carbocycles. The van der Waals surface area contributed by atoms with Crippen molar-refractivity contribution in [2.24, 2.45) is 0 Å². The molecule has 0 amide bonds. The van der Waals surface area contributed by atoms with E-state index in [1.165, 1.54) is 0 Å². The van der Waals surface area contributed by atoms with Crippen molar-refractivity contribution in [2.45, 2.75) is 13.0 Å². The van der Waals surface area contributed by atoms with Gasteiger partial charge in [0.25, 0.3) is 0 Å². The molecule has 3 nitrogen and oxygen atoms in total. The number of benzene rings is 1. The molecule has 0 fully saturated rings. The molecule has 1 atom stereocenters. The lowest BCUT2D eigenvalue weighted by molar-refractivity contribution is 0.293. The summed E-state index contributed by atoms with van der Waals surface area (Å²) in [6, 6.07) is 7.39. The third kappa shape index (κ3) is 1.64. The maximum Gasteiger partial charge on any atom is 0.347 e. The zero-order chi connectivity index (χ0) is 12.5. The molecule has 90 valence electrons. The van der Waals surface area contributed by atoms with Crippen molar-refractivity contribution in [3.05, 3.63) is 58.5 Å². The summed E-state index contributed by atoms with van der Waals surface area (Å²) in [4.78, 5) is 11.8. The number of rotatable bonds is 1. The lowest BCUT2D eigenvalue weighted by atomic mass is 10.1. The first kappa shape index (κ1) is 10.8. The fourth-order valence-electron chi connectivity index (χ4n) is 2.07. The fourth-order valence-corrected chi connectivity index (χ4v) is 2.07. The second kappa shape index (κ2) is 4.18. The molecular weight excluding hydrogens is 228 g/mol. The zero-order valence-corrected chi connectivity index (χ0v) is 9.92. The van der Waals surface area contributed by atoms with Gasteiger partial charge < -0.3 is 9.15 Å². The molecule has 0 N–H and O–H groups in total. The van der Waals surface area contributed by atoms with Gasteiger partial charge in [-0.15, -0.1) is 0 Å². The molecule has 1 aliphatic heterocycles. The molecule has 0 saturated heterocycles. The Morgan fingerprint density at radius 3 is 2.94 bits per heavy atom. The number of fused-ring (bicyclic) bond motifs is 3. The van der Waals surface area contributed by atoms with E-state index >= 15 is 0 Å². The van der Waals surface area contributed by atoms with Gasteiger partial charge in [-0.2, -0.15) is 0 Å². The van der Waals surface area contributed by atoms with Crippen LogP contribution in [0.3, 0.4) is 0 Å². The molecule has 2 heterocycles. The average Bonchev–Trinajstić information content (AvgIpc) is 2.39. The van der Waals surface area contributed by atoms with Crippen molar-refractivity contribution in [1.29, 1.82) is 0 Å². The zero-order valence-electron chi connectivity index (χ0n) is 9.92. The first-order valence-electron chi connectivity index (χ1n) is 5.83. The molecule has 1 aliphatic rings. The number of hydrogen-bond donors (Lipinski definition) is 0. The van der Waals surface area contributed by atoms with Crippen molar-refractivity contribution >= 4 is 17.0 Å². The highest BCUT2D eigenvalue weighted by atomic mass is 16.5. The largest absolute Gasteiger partial charge is 0.481 e. The summed E-state index contributed by atoms with van der Waals surface area (Å²) < 4.78 is 11.1. The van der Waals surface area contributed by atoms with Gasteiger partial charge in [-0.1, -0.05) is 18.2 Å². The molecule has 0 saturated carbocycles. The van der Waals surface area contributed by atoms with Gasteiger partial charge in [0.1, 0.15) is 23.0 Å². The topological polar surface area (TPSA) is 39.4 Å². The number of para-hydroxylation sites is 1. The van der Waals surface area contributed by atoms with Gasteiger partial charge >= 0.3 is 5.63 Å². The quantitative estimate of drug-likeness (QED) is 0.568. The minimum absolute atomic E-state index is 0.132. The summed E-state index contributed by atoms with van der Waals surface area (Å²) in [7, 11) is 0. The van der Waals surface area contributed by atoms with Gasteiger partial charge in [0.15, 0.2) is 0 Å². The Labute approximate surface area is 104 Å². The van der Waals surface area contributed by atoms with Gasteiger partial charge in [-0.25, -0.2) is 4.79 Å². The molecule has 2 aromatic rings. The molecule has 0 bridgehead atoms. The second-order valence-electron chi connectivity index (χ2n) is 4.10. The molecule has 1 unspecified atom stereocenters. The van der Waals surface area contributed by atoms with E-state index in [0.717, 1.165) is 5.39 Å². The minimum atomic E-state index is -0.362. The summed E-state index contributed by atoms with van der Waals surface area (Å²) in [6.45, 7) is 1.93. The second-order valence-corrected chi connectivity index (χ2v) is 4.10. The van der Waals surface area contributed by atoms with Crippen LogP contribution >= 0.6 is 0 Å². The van der Waals surface area contributed by atoms with Crippen LogP contribution in [0, 0.1) is 0 Å². The number of ether oxygens (including phenoxy) is 1. The lowest BCUT2D eigenvalue weighted by Crippen LogP contribution is -2.18. The van der Waals surface area contributed by atoms with Gasteiger partial charge in [0.05, 0.1) is 5.39 Å². The first-order valence-corrected chi connectivity index (χ1v) is 5.83. The van der Waals surface area contributed by atoms with E-state index in [-0.39, 0.29) is 11.7 Å². The van der Waals surface area contributed by atoms with E-state index in [4.69, 9.17) is 9.15 Å². The Bertz CT molecular complexity index is 707. The van der Waals surface area contributed by atoms with E-state index < -0.39 is 0 Å². The Morgan fingerprint density at radius 1 is 1.28 bits per heavy atom. The summed E-state index contributed by atoms with van der Waals surface area (Å²) in [5, 5.41) is 0.825. The van der Waals surface area contributed by atoms with Gasteiger partial charge in [0.2, 0.25) is 0 Å². The van der Waals surface area contributed by atoms with E-state index in [9.17, 15) is 4.79 Å². The van der Waals surface area contributed by atoms with Crippen molar-refractivity contribution in [1.82, 2.24) is 0 Å². The summed E-state index contributed by atoms with van der Waals surface area (Å²) >= 11 is 0. The monoisotopic (exact) mass is 240 g/mol. The van der Waals surface area contributed by atoms with Crippen LogP contribution in [0.1, 0.15) is 12.5 Å². The normalized spacial score (nSPS) is 17.9. The van der Waals surface area contributed by atoms with Crippen molar-refractivity contribution in [3.8, 4) is 5.75 Å². The molecule has 0 aliphatic carbocycles. The highest BCUT2D eigenvalue weighted by molar-refractivity contribution is 5.87. The first-order chi connectivity index (χ1) is 8.79. The van der Waals surface area contributed by atoms with Crippen LogP contribution < -0.4 is 10.4 Å². The van der Waals surface area contributed by atoms with Crippen molar-refractivity contribution in [2.75, 3.05) is 0 Å². The van der Waals surface area contributed by atoms with E-state index in [2.05, 4.69) is 0 Å². The summed E-state index contributed by atoms with van der Waals surface area (Å²) in [5.41, 5.74) is 0.670. The maximum atomic E-state index is 11.8. The van der Waals surface area contributed by atoms with Gasteiger partial charge in [0, 0.05) is 0 Å². The van der Waals surface area contributed by atoms with Crippen LogP contribution in [-0.2, 0) is 0 Å². The van der Waals surface area contributed by atoms with E-state index in [0.29, 0.717) is 16.9 Å². The van der Waals surface area contributed by atoms with E-state index in [1.54, 1.807) is 12.1 Å². The van der Waals surface area contributed by atoms with Crippen LogP contribution in [0.5, 0.6) is 5.75 Å². The van der Waals surface area contributed by atoms with Crippen LogP contribution in [-0.4, -0.2) is 6.10 Å². The summed E-state index contributed by atoms with van der Waals surface area (Å²) in [5.74, 6) is 0.604. The maximum absolute atomic E-state index is 11.8. The molecule has 3 rings (SSSR count). The number of hydrogen-bond acceptors (Lipinski definition) is 3. The highest BCUT2D eigenvalue weighted by Crippen LogP contribution is 2.32. The Balaban J connectivity index is 2.27. The Hall–Kier alpha value is -2.29. The predicted octanol–water partition coefficient (Wildman–Crippen LogP) is 3.14. The third-order valence-corrected chi connectivity index (χ3v) is 2.89. The van der Waals surface area contributed by atoms with Crippen LogP contribution in [0.2, 0.25) is 0 Å². The molecule has 18 heavy (non-hydrogen) atoms. The molecule has 1 aromatic heterocycles. The lowest BCUT2D eigenvalue weighted by Gasteiger charge is -2.19. The standard InChI is InChI=1S/C15H12O3/c1-2-5-10-8-9-12-14(17-10)11-6-3-4-7-13(11)18-15(12)16/h2-10H,1H3/b5-2+. The molecular formula is C15H12O3. The molecule has 0 spiro atoms. The van der Waals surface area contributed by atoms with Crippen LogP contribution in [0.4, 0.5) is 0 Å². The van der Waals surface area contributed by atoms with Crippen LogP contribution in [0.15, 0.2) is 51.7 Å². The fraction of sp³-hybridized carbons (Fsp3) is 0.133. The average molecular weight is 240 g/mol. The summed E-state index contributed by atoms with van der Waals surface area (Å²) in [6.07, 6.45) is 7.33. The van der Waals surface area contributed by atoms with Crippen molar-refractivity contribution in [3.63, 3.8) is 0 Å². The third-order valence-electron chi connectivity index (χ3n) is 2.89. The molecule has 0 radical (unpaired) electrons. The van der Waals surface area contributed by atoms with Crippen LogP contribution in [0.25, 0.3) is 17.0 Å².